The number of benzene rings is 1. The Balaban J connectivity index is 2.03. The van der Waals surface area contributed by atoms with Gasteiger partial charge in [-0.15, -0.1) is 0 Å². The third-order valence-corrected chi connectivity index (χ3v) is 3.40. The van der Waals surface area contributed by atoms with Gasteiger partial charge in [-0.05, 0) is 18.4 Å². The molecule has 1 unspecified atom stereocenters. The van der Waals surface area contributed by atoms with Crippen LogP contribution in [0.3, 0.4) is 0 Å². The summed E-state index contributed by atoms with van der Waals surface area (Å²) in [4.78, 5) is 13.5. The van der Waals surface area contributed by atoms with E-state index < -0.39 is 18.7 Å². The minimum Gasteiger partial charge on any atom is -0.368 e. The molecule has 1 heterocycles. The number of alkyl halides is 3. The predicted molar refractivity (Wildman–Crippen MR) is 71.5 cm³/mol. The fraction of sp³-hybridized carbons (Fsp3) is 0.533. The number of carbonyl (C=O) groups is 1. The van der Waals surface area contributed by atoms with Crippen molar-refractivity contribution < 1.29 is 22.7 Å². The fourth-order valence-electron chi connectivity index (χ4n) is 2.31. The lowest BCUT2D eigenvalue weighted by Crippen LogP contribution is -2.40. The molecule has 0 N–H and O–H groups in total. The maximum absolute atomic E-state index is 12.4. The van der Waals surface area contributed by atoms with E-state index in [2.05, 4.69) is 0 Å². The van der Waals surface area contributed by atoms with Crippen molar-refractivity contribution in [1.82, 2.24) is 4.90 Å². The zero-order chi connectivity index (χ0) is 15.3. The van der Waals surface area contributed by atoms with Crippen LogP contribution >= 0.6 is 0 Å². The Bertz CT molecular complexity index is 456. The molecule has 6 heteroatoms. The first-order valence-electron chi connectivity index (χ1n) is 6.97. The Morgan fingerprint density at radius 2 is 2.00 bits per heavy atom. The molecular weight excluding hydrogens is 283 g/mol. The molecule has 116 valence electrons. The molecule has 21 heavy (non-hydrogen) atoms. The molecule has 1 aliphatic rings. The van der Waals surface area contributed by atoms with Gasteiger partial charge in [-0.1, -0.05) is 30.3 Å². The summed E-state index contributed by atoms with van der Waals surface area (Å²) >= 11 is 0. The number of hydrogen-bond donors (Lipinski definition) is 0. The highest BCUT2D eigenvalue weighted by Crippen LogP contribution is 2.22. The summed E-state index contributed by atoms with van der Waals surface area (Å²) in [6.07, 6.45) is -4.52. The largest absolute Gasteiger partial charge is 0.390 e. The third-order valence-electron chi connectivity index (χ3n) is 3.40. The first kappa shape index (κ1) is 15.8. The average molecular weight is 301 g/mol. The molecule has 0 radical (unpaired) electrons. The number of amides is 1. The molecule has 1 fully saturated rings. The zero-order valence-electron chi connectivity index (χ0n) is 11.6. The van der Waals surface area contributed by atoms with E-state index in [1.807, 2.05) is 6.07 Å². The molecule has 1 amide bonds. The molecule has 1 aromatic rings. The second-order valence-electron chi connectivity index (χ2n) is 5.11. The molecular formula is C15H18F3NO2. The van der Waals surface area contributed by atoms with E-state index >= 15 is 0 Å². The highest BCUT2D eigenvalue weighted by atomic mass is 19.4. The Kier molecular flexibility index (Phi) is 5.22. The lowest BCUT2D eigenvalue weighted by molar-refractivity contribution is -0.151. The number of nitrogens with zero attached hydrogens (tertiary/aromatic N) is 1. The van der Waals surface area contributed by atoms with E-state index in [9.17, 15) is 18.0 Å². The van der Waals surface area contributed by atoms with Crippen molar-refractivity contribution in [2.45, 2.75) is 38.1 Å². The van der Waals surface area contributed by atoms with E-state index in [-0.39, 0.29) is 19.0 Å². The van der Waals surface area contributed by atoms with Gasteiger partial charge in [0.1, 0.15) is 6.10 Å². The summed E-state index contributed by atoms with van der Waals surface area (Å²) < 4.78 is 42.6. The van der Waals surface area contributed by atoms with Crippen LogP contribution in [0.2, 0.25) is 0 Å². The first-order chi connectivity index (χ1) is 9.96. The third kappa shape index (κ3) is 5.04. The molecule has 0 bridgehead atoms. The normalized spacial score (nSPS) is 18.7. The molecule has 1 aliphatic heterocycles. The molecule has 0 aliphatic carbocycles. The van der Waals surface area contributed by atoms with Crippen LogP contribution in [0, 0.1) is 0 Å². The molecule has 1 saturated heterocycles. The lowest BCUT2D eigenvalue weighted by atomic mass is 10.1. The van der Waals surface area contributed by atoms with Crippen molar-refractivity contribution in [3.63, 3.8) is 0 Å². The number of halogens is 3. The van der Waals surface area contributed by atoms with Gasteiger partial charge in [0.15, 0.2) is 0 Å². The van der Waals surface area contributed by atoms with Crippen LogP contribution in [0.5, 0.6) is 0 Å². The maximum Gasteiger partial charge on any atom is 0.390 e. The standard InChI is InChI=1S/C15H18F3NO2/c16-15(17,18)8-9-19(11-12-5-2-1-3-6-12)14(20)13-7-4-10-21-13/h1-3,5-6,13H,4,7-11H2. The van der Waals surface area contributed by atoms with Gasteiger partial charge < -0.3 is 9.64 Å². The van der Waals surface area contributed by atoms with Crippen LogP contribution in [-0.2, 0) is 16.1 Å². The first-order valence-corrected chi connectivity index (χ1v) is 6.97. The number of carbonyl (C=O) groups excluding carboxylic acids is 1. The van der Waals surface area contributed by atoms with Gasteiger partial charge in [-0.3, -0.25) is 4.79 Å². The van der Waals surface area contributed by atoms with Crippen molar-refractivity contribution in [1.29, 1.82) is 0 Å². The molecule has 0 spiro atoms. The number of ether oxygens (including phenoxy) is 1. The van der Waals surface area contributed by atoms with E-state index in [1.54, 1.807) is 24.3 Å². The van der Waals surface area contributed by atoms with Gasteiger partial charge >= 0.3 is 6.18 Å². The van der Waals surface area contributed by atoms with Gasteiger partial charge in [0.2, 0.25) is 0 Å². The van der Waals surface area contributed by atoms with Gasteiger partial charge in [0.25, 0.3) is 5.91 Å². The van der Waals surface area contributed by atoms with Crippen LogP contribution in [-0.4, -0.2) is 36.2 Å². The van der Waals surface area contributed by atoms with Crippen LogP contribution in [0.15, 0.2) is 30.3 Å². The summed E-state index contributed by atoms with van der Waals surface area (Å²) in [6, 6.07) is 9.01. The van der Waals surface area contributed by atoms with Gasteiger partial charge in [-0.25, -0.2) is 0 Å². The minimum absolute atomic E-state index is 0.176. The summed E-state index contributed by atoms with van der Waals surface area (Å²) in [5, 5.41) is 0. The van der Waals surface area contributed by atoms with Crippen molar-refractivity contribution in [2.24, 2.45) is 0 Å². The SMILES string of the molecule is O=C(C1CCCO1)N(CCC(F)(F)F)Cc1ccccc1. The van der Waals surface area contributed by atoms with Crippen LogP contribution in [0.25, 0.3) is 0 Å². The Morgan fingerprint density at radius 3 is 2.57 bits per heavy atom. The van der Waals surface area contributed by atoms with Crippen molar-refractivity contribution in [3.05, 3.63) is 35.9 Å². The van der Waals surface area contributed by atoms with Crippen LogP contribution in [0.4, 0.5) is 13.2 Å². The highest BCUT2D eigenvalue weighted by Gasteiger charge is 2.32. The molecule has 1 aromatic carbocycles. The van der Waals surface area contributed by atoms with Crippen molar-refractivity contribution >= 4 is 5.91 Å². The maximum atomic E-state index is 12.4. The number of rotatable bonds is 5. The molecule has 3 nitrogen and oxygen atoms in total. The second kappa shape index (κ2) is 6.93. The van der Waals surface area contributed by atoms with Crippen LogP contribution in [0.1, 0.15) is 24.8 Å². The molecule has 2 rings (SSSR count). The van der Waals surface area contributed by atoms with E-state index in [4.69, 9.17) is 4.74 Å². The van der Waals surface area contributed by atoms with Gasteiger partial charge in [-0.2, -0.15) is 13.2 Å². The van der Waals surface area contributed by atoms with Gasteiger partial charge in [0, 0.05) is 19.7 Å². The van der Waals surface area contributed by atoms with E-state index in [0.717, 1.165) is 12.0 Å². The molecule has 0 saturated carbocycles. The second-order valence-corrected chi connectivity index (χ2v) is 5.11. The Labute approximate surface area is 121 Å². The summed E-state index contributed by atoms with van der Waals surface area (Å²) in [6.45, 7) is 0.335. The monoisotopic (exact) mass is 301 g/mol. The Hall–Kier alpha value is -1.56. The zero-order valence-corrected chi connectivity index (χ0v) is 11.6. The minimum atomic E-state index is -4.27. The van der Waals surface area contributed by atoms with E-state index in [1.165, 1.54) is 4.90 Å². The lowest BCUT2D eigenvalue weighted by Gasteiger charge is -2.26. The summed E-state index contributed by atoms with van der Waals surface area (Å²) in [5.74, 6) is -0.347. The average Bonchev–Trinajstić information content (AvgIpc) is 2.97. The summed E-state index contributed by atoms with van der Waals surface area (Å²) in [7, 11) is 0. The van der Waals surface area contributed by atoms with Crippen LogP contribution < -0.4 is 0 Å². The van der Waals surface area contributed by atoms with Gasteiger partial charge in [0.05, 0.1) is 6.42 Å². The highest BCUT2D eigenvalue weighted by molar-refractivity contribution is 5.81. The van der Waals surface area contributed by atoms with E-state index in [0.29, 0.717) is 13.0 Å². The summed E-state index contributed by atoms with van der Waals surface area (Å²) in [5.41, 5.74) is 0.811. The molecule has 1 atom stereocenters. The number of hydrogen-bond acceptors (Lipinski definition) is 2. The quantitative estimate of drug-likeness (QED) is 0.836. The smallest absolute Gasteiger partial charge is 0.368 e. The van der Waals surface area contributed by atoms with Crippen molar-refractivity contribution in [3.8, 4) is 0 Å². The molecule has 0 aromatic heterocycles. The Morgan fingerprint density at radius 1 is 1.29 bits per heavy atom. The topological polar surface area (TPSA) is 29.5 Å². The fourth-order valence-corrected chi connectivity index (χ4v) is 2.31. The van der Waals surface area contributed by atoms with Crippen molar-refractivity contribution in [2.75, 3.05) is 13.2 Å². The predicted octanol–water partition coefficient (Wildman–Crippen LogP) is 3.15.